The van der Waals surface area contributed by atoms with E-state index in [1.165, 1.54) is 57.9 Å². The van der Waals surface area contributed by atoms with Crippen molar-refractivity contribution in [1.82, 2.24) is 15.5 Å². The van der Waals surface area contributed by atoms with E-state index >= 15 is 0 Å². The van der Waals surface area contributed by atoms with E-state index in [0.29, 0.717) is 12.1 Å². The van der Waals surface area contributed by atoms with E-state index in [1.807, 2.05) is 0 Å². The van der Waals surface area contributed by atoms with E-state index in [4.69, 9.17) is 0 Å². The first-order valence-corrected chi connectivity index (χ1v) is 11.4. The van der Waals surface area contributed by atoms with Crippen molar-refractivity contribution >= 4 is 6.03 Å². The summed E-state index contributed by atoms with van der Waals surface area (Å²) in [5, 5.41) is 6.42. The number of rotatable bonds is 6. The average molecular weight is 364 g/mol. The molecule has 1 aliphatic heterocycles. The summed E-state index contributed by atoms with van der Waals surface area (Å²) in [5.41, 5.74) is 0. The molecule has 150 valence electrons. The first kappa shape index (κ1) is 20.0. The van der Waals surface area contributed by atoms with E-state index < -0.39 is 0 Å². The molecule has 4 nitrogen and oxygen atoms in total. The van der Waals surface area contributed by atoms with Gasteiger partial charge in [-0.1, -0.05) is 46.0 Å². The van der Waals surface area contributed by atoms with Crippen LogP contribution in [0.1, 0.15) is 84.5 Å². The van der Waals surface area contributed by atoms with Gasteiger partial charge in [-0.25, -0.2) is 4.79 Å². The molecule has 0 radical (unpaired) electrons. The maximum absolute atomic E-state index is 12.2. The molecular formula is C22H41N3O. The molecule has 0 aromatic carbocycles. The number of carbonyl (C=O) groups is 1. The molecule has 4 heteroatoms. The molecule has 1 saturated heterocycles. The van der Waals surface area contributed by atoms with Gasteiger partial charge in [-0.2, -0.15) is 0 Å². The van der Waals surface area contributed by atoms with Crippen molar-refractivity contribution in [2.75, 3.05) is 19.6 Å². The summed E-state index contributed by atoms with van der Waals surface area (Å²) >= 11 is 0. The molecule has 2 saturated carbocycles. The van der Waals surface area contributed by atoms with Crippen molar-refractivity contribution in [2.45, 2.75) is 96.6 Å². The lowest BCUT2D eigenvalue weighted by atomic mass is 9.78. The highest BCUT2D eigenvalue weighted by Crippen LogP contribution is 2.33. The summed E-state index contributed by atoms with van der Waals surface area (Å²) in [6, 6.07) is 0.816. The first-order chi connectivity index (χ1) is 12.6. The number of hydrogen-bond donors (Lipinski definition) is 2. The second-order valence-electron chi connectivity index (χ2n) is 9.71. The van der Waals surface area contributed by atoms with Gasteiger partial charge in [0.05, 0.1) is 0 Å². The third-order valence-electron chi connectivity index (χ3n) is 6.84. The molecule has 2 amide bonds. The zero-order valence-electron chi connectivity index (χ0n) is 17.1. The number of carbonyl (C=O) groups excluding carboxylic acids is 1. The Kier molecular flexibility index (Phi) is 7.65. The van der Waals surface area contributed by atoms with Gasteiger partial charge in [0.25, 0.3) is 0 Å². The molecule has 3 aliphatic rings. The molecule has 0 unspecified atom stereocenters. The van der Waals surface area contributed by atoms with E-state index in [1.54, 1.807) is 0 Å². The van der Waals surface area contributed by atoms with Crippen LogP contribution >= 0.6 is 0 Å². The number of urea groups is 1. The monoisotopic (exact) mass is 363 g/mol. The standard InChI is InChI=1S/C22H41N3O/c1-17(2)14-18-8-10-19(11-9-18)15-25-13-12-21(16-25)24-22(26)23-20-6-4-3-5-7-20/h17-21H,3-16H2,1-2H3,(H2,23,24,26)/t18?,19?,21-/m1/s1. The van der Waals surface area contributed by atoms with Crippen molar-refractivity contribution in [2.24, 2.45) is 17.8 Å². The Morgan fingerprint density at radius 3 is 2.23 bits per heavy atom. The molecule has 2 N–H and O–H groups in total. The number of amides is 2. The zero-order valence-corrected chi connectivity index (χ0v) is 17.1. The van der Waals surface area contributed by atoms with Crippen molar-refractivity contribution in [3.8, 4) is 0 Å². The topological polar surface area (TPSA) is 44.4 Å². The van der Waals surface area contributed by atoms with Crippen LogP contribution in [0.25, 0.3) is 0 Å². The highest BCUT2D eigenvalue weighted by molar-refractivity contribution is 5.74. The molecule has 0 aromatic heterocycles. The average Bonchev–Trinajstić information content (AvgIpc) is 3.04. The molecule has 2 aliphatic carbocycles. The zero-order chi connectivity index (χ0) is 18.4. The van der Waals surface area contributed by atoms with Crippen LogP contribution in [-0.4, -0.2) is 42.6 Å². The Labute approximate surface area is 160 Å². The summed E-state index contributed by atoms with van der Waals surface area (Å²) < 4.78 is 0. The summed E-state index contributed by atoms with van der Waals surface area (Å²) in [7, 11) is 0. The fourth-order valence-electron chi connectivity index (χ4n) is 5.46. The van der Waals surface area contributed by atoms with Gasteiger partial charge in [-0.3, -0.25) is 0 Å². The third kappa shape index (κ3) is 6.44. The maximum Gasteiger partial charge on any atom is 0.315 e. The van der Waals surface area contributed by atoms with E-state index in [2.05, 4.69) is 29.4 Å². The lowest BCUT2D eigenvalue weighted by Gasteiger charge is -2.32. The number of nitrogens with zero attached hydrogens (tertiary/aromatic N) is 1. The van der Waals surface area contributed by atoms with Crippen molar-refractivity contribution in [3.05, 3.63) is 0 Å². The number of nitrogens with one attached hydrogen (secondary N) is 2. The largest absolute Gasteiger partial charge is 0.335 e. The van der Waals surface area contributed by atoms with Crippen molar-refractivity contribution in [1.29, 1.82) is 0 Å². The van der Waals surface area contributed by atoms with Crippen LogP contribution in [0.15, 0.2) is 0 Å². The van der Waals surface area contributed by atoms with Crippen molar-refractivity contribution in [3.63, 3.8) is 0 Å². The van der Waals surface area contributed by atoms with Gasteiger partial charge >= 0.3 is 6.03 Å². The fourth-order valence-corrected chi connectivity index (χ4v) is 5.46. The van der Waals surface area contributed by atoms with E-state index in [0.717, 1.165) is 50.1 Å². The van der Waals surface area contributed by atoms with Crippen LogP contribution in [0.5, 0.6) is 0 Å². The second-order valence-corrected chi connectivity index (χ2v) is 9.71. The maximum atomic E-state index is 12.2. The quantitative estimate of drug-likeness (QED) is 0.727. The molecule has 0 spiro atoms. The lowest BCUT2D eigenvalue weighted by molar-refractivity contribution is 0.188. The Hall–Kier alpha value is -0.770. The molecule has 0 aromatic rings. The highest BCUT2D eigenvalue weighted by Gasteiger charge is 2.28. The Morgan fingerprint density at radius 1 is 0.885 bits per heavy atom. The summed E-state index contributed by atoms with van der Waals surface area (Å²) in [5.74, 6) is 2.71. The van der Waals surface area contributed by atoms with Crippen molar-refractivity contribution < 1.29 is 4.79 Å². The molecule has 1 heterocycles. The Bertz CT molecular complexity index is 425. The Balaban J connectivity index is 1.31. The molecule has 26 heavy (non-hydrogen) atoms. The van der Waals surface area contributed by atoms with Gasteiger partial charge in [0, 0.05) is 31.7 Å². The summed E-state index contributed by atoms with van der Waals surface area (Å²) in [4.78, 5) is 14.8. The minimum Gasteiger partial charge on any atom is -0.335 e. The van der Waals surface area contributed by atoms with Crippen LogP contribution < -0.4 is 10.6 Å². The Morgan fingerprint density at radius 2 is 1.54 bits per heavy atom. The van der Waals surface area contributed by atoms with Crippen LogP contribution in [0, 0.1) is 17.8 Å². The number of likely N-dealkylation sites (tertiary alicyclic amines) is 1. The third-order valence-corrected chi connectivity index (χ3v) is 6.84. The minimum atomic E-state index is 0.0675. The predicted molar refractivity (Wildman–Crippen MR) is 108 cm³/mol. The van der Waals surface area contributed by atoms with Crippen LogP contribution in [0.3, 0.4) is 0 Å². The molecule has 0 bridgehead atoms. The summed E-state index contributed by atoms with van der Waals surface area (Å²) in [6.07, 6.45) is 14.4. The predicted octanol–water partition coefficient (Wildman–Crippen LogP) is 4.55. The van der Waals surface area contributed by atoms with Gasteiger partial charge in [-0.15, -0.1) is 0 Å². The second kappa shape index (κ2) is 9.96. The van der Waals surface area contributed by atoms with Crippen LogP contribution in [0.4, 0.5) is 4.79 Å². The van der Waals surface area contributed by atoms with Crippen LogP contribution in [-0.2, 0) is 0 Å². The molecule has 3 fully saturated rings. The fraction of sp³-hybridized carbons (Fsp3) is 0.955. The smallest absolute Gasteiger partial charge is 0.315 e. The van der Waals surface area contributed by atoms with Gasteiger partial charge in [-0.05, 0) is 56.3 Å². The normalized spacial score (nSPS) is 31.3. The van der Waals surface area contributed by atoms with Gasteiger partial charge in [0.2, 0.25) is 0 Å². The number of hydrogen-bond acceptors (Lipinski definition) is 2. The SMILES string of the molecule is CC(C)CC1CCC(CN2CC[C@@H](NC(=O)NC3CCCCC3)C2)CC1. The van der Waals surface area contributed by atoms with E-state index in [-0.39, 0.29) is 6.03 Å². The molecule has 3 rings (SSSR count). The van der Waals surface area contributed by atoms with Crippen LogP contribution in [0.2, 0.25) is 0 Å². The molecule has 1 atom stereocenters. The lowest BCUT2D eigenvalue weighted by Crippen LogP contribution is -2.47. The van der Waals surface area contributed by atoms with Gasteiger partial charge in [0.1, 0.15) is 0 Å². The minimum absolute atomic E-state index is 0.0675. The molecular weight excluding hydrogens is 322 g/mol. The van der Waals surface area contributed by atoms with E-state index in [9.17, 15) is 4.79 Å². The van der Waals surface area contributed by atoms with Gasteiger partial charge < -0.3 is 15.5 Å². The highest BCUT2D eigenvalue weighted by atomic mass is 16.2. The summed E-state index contributed by atoms with van der Waals surface area (Å²) in [6.45, 7) is 8.16. The van der Waals surface area contributed by atoms with Gasteiger partial charge in [0.15, 0.2) is 0 Å². The first-order valence-electron chi connectivity index (χ1n) is 11.4.